The first-order valence-corrected chi connectivity index (χ1v) is 10.1. The molecular formula is C19H17N3OS2. The van der Waals surface area contributed by atoms with Gasteiger partial charge in [0.25, 0.3) is 5.91 Å². The molecule has 2 aromatic carbocycles. The van der Waals surface area contributed by atoms with Gasteiger partial charge in [-0.15, -0.1) is 23.5 Å². The van der Waals surface area contributed by atoms with E-state index in [1.54, 1.807) is 10.9 Å². The van der Waals surface area contributed by atoms with Crippen molar-refractivity contribution in [3.63, 3.8) is 0 Å². The number of carbonyl (C=O) groups is 1. The zero-order valence-corrected chi connectivity index (χ0v) is 15.1. The lowest BCUT2D eigenvalue weighted by atomic mass is 10.1. The highest BCUT2D eigenvalue weighted by Crippen LogP contribution is 2.45. The normalized spacial score (nSPS) is 14.6. The number of thioether (sulfide) groups is 2. The standard InChI is InChI=1S/C19H17N3OS2/c23-18(14-5-7-17(8-6-14)22-10-2-9-20-22)21-16-4-1-3-15(13-16)19-24-11-12-25-19/h1-10,13,19H,11-12H2,(H,21,23). The Hall–Kier alpha value is -2.18. The molecule has 126 valence electrons. The fourth-order valence-electron chi connectivity index (χ4n) is 2.70. The SMILES string of the molecule is O=C(Nc1cccc(C2SCCS2)c1)c1ccc(-n2cccn2)cc1. The number of hydrogen-bond donors (Lipinski definition) is 1. The molecule has 2 heterocycles. The smallest absolute Gasteiger partial charge is 0.255 e. The molecule has 4 rings (SSSR count). The Labute approximate surface area is 155 Å². The van der Waals surface area contributed by atoms with Crippen LogP contribution >= 0.6 is 23.5 Å². The van der Waals surface area contributed by atoms with Gasteiger partial charge in [-0.2, -0.15) is 5.10 Å². The zero-order chi connectivity index (χ0) is 17.1. The number of hydrogen-bond acceptors (Lipinski definition) is 4. The molecule has 0 unspecified atom stereocenters. The molecule has 1 amide bonds. The maximum Gasteiger partial charge on any atom is 0.255 e. The fraction of sp³-hybridized carbons (Fsp3) is 0.158. The van der Waals surface area contributed by atoms with Crippen molar-refractivity contribution < 1.29 is 4.79 Å². The summed E-state index contributed by atoms with van der Waals surface area (Å²) in [6, 6.07) is 17.4. The van der Waals surface area contributed by atoms with Crippen molar-refractivity contribution in [2.24, 2.45) is 0 Å². The van der Waals surface area contributed by atoms with E-state index in [-0.39, 0.29) is 5.91 Å². The molecule has 1 aliphatic heterocycles. The van der Waals surface area contributed by atoms with Crippen molar-refractivity contribution in [3.8, 4) is 5.69 Å². The Morgan fingerprint density at radius 2 is 1.88 bits per heavy atom. The number of aromatic nitrogens is 2. The number of carbonyl (C=O) groups excluding carboxylic acids is 1. The van der Waals surface area contributed by atoms with Crippen LogP contribution in [0.5, 0.6) is 0 Å². The molecular weight excluding hydrogens is 350 g/mol. The average molecular weight is 367 g/mol. The quantitative estimate of drug-likeness (QED) is 0.732. The first-order chi connectivity index (χ1) is 12.3. The number of benzene rings is 2. The van der Waals surface area contributed by atoms with Crippen LogP contribution in [0.25, 0.3) is 5.69 Å². The van der Waals surface area contributed by atoms with Gasteiger partial charge in [0, 0.05) is 35.2 Å². The van der Waals surface area contributed by atoms with Crippen molar-refractivity contribution in [2.75, 3.05) is 16.8 Å². The molecule has 0 aliphatic carbocycles. The lowest BCUT2D eigenvalue weighted by Gasteiger charge is -2.11. The second-order valence-electron chi connectivity index (χ2n) is 5.65. The molecule has 0 radical (unpaired) electrons. The second kappa shape index (κ2) is 7.37. The summed E-state index contributed by atoms with van der Waals surface area (Å²) >= 11 is 3.92. The molecule has 25 heavy (non-hydrogen) atoms. The predicted octanol–water partition coefficient (Wildman–Crippen LogP) is 4.60. The average Bonchev–Trinajstić information content (AvgIpc) is 3.36. The van der Waals surface area contributed by atoms with Gasteiger partial charge in [-0.25, -0.2) is 4.68 Å². The van der Waals surface area contributed by atoms with Gasteiger partial charge in [-0.3, -0.25) is 4.79 Å². The Bertz CT molecular complexity index is 857. The summed E-state index contributed by atoms with van der Waals surface area (Å²) in [7, 11) is 0. The van der Waals surface area contributed by atoms with Crippen LogP contribution in [0.2, 0.25) is 0 Å². The number of nitrogens with one attached hydrogen (secondary N) is 1. The highest BCUT2D eigenvalue weighted by molar-refractivity contribution is 8.19. The summed E-state index contributed by atoms with van der Waals surface area (Å²) in [4.78, 5) is 12.5. The van der Waals surface area contributed by atoms with Gasteiger partial charge in [0.15, 0.2) is 0 Å². The van der Waals surface area contributed by atoms with Crippen LogP contribution in [0, 0.1) is 0 Å². The Balaban J connectivity index is 1.47. The van der Waals surface area contributed by atoms with Crippen LogP contribution in [0.1, 0.15) is 20.5 Å². The highest BCUT2D eigenvalue weighted by Gasteiger charge is 2.18. The largest absolute Gasteiger partial charge is 0.322 e. The van der Waals surface area contributed by atoms with Crippen LogP contribution in [0.15, 0.2) is 67.0 Å². The van der Waals surface area contributed by atoms with E-state index in [9.17, 15) is 4.79 Å². The van der Waals surface area contributed by atoms with Crippen LogP contribution in [0.3, 0.4) is 0 Å². The first-order valence-electron chi connectivity index (χ1n) is 8.04. The summed E-state index contributed by atoms with van der Waals surface area (Å²) in [6.45, 7) is 0. The molecule has 0 atom stereocenters. The van der Waals surface area contributed by atoms with Gasteiger partial charge in [0.2, 0.25) is 0 Å². The van der Waals surface area contributed by atoms with E-state index in [2.05, 4.69) is 22.5 Å². The summed E-state index contributed by atoms with van der Waals surface area (Å²) in [6.07, 6.45) is 3.61. The molecule has 1 N–H and O–H groups in total. The van der Waals surface area contributed by atoms with Gasteiger partial charge in [0.1, 0.15) is 0 Å². The highest BCUT2D eigenvalue weighted by atomic mass is 32.2. The maximum absolute atomic E-state index is 12.5. The monoisotopic (exact) mass is 367 g/mol. The molecule has 0 bridgehead atoms. The van der Waals surface area contributed by atoms with Crippen molar-refractivity contribution in [2.45, 2.75) is 4.58 Å². The second-order valence-corrected chi connectivity index (χ2v) is 8.37. The van der Waals surface area contributed by atoms with Gasteiger partial charge >= 0.3 is 0 Å². The van der Waals surface area contributed by atoms with Crippen LogP contribution in [0.4, 0.5) is 5.69 Å². The lowest BCUT2D eigenvalue weighted by molar-refractivity contribution is 0.102. The van der Waals surface area contributed by atoms with E-state index in [0.29, 0.717) is 10.1 Å². The molecule has 1 saturated heterocycles. The molecule has 4 nitrogen and oxygen atoms in total. The van der Waals surface area contributed by atoms with E-state index in [4.69, 9.17) is 0 Å². The molecule has 1 fully saturated rings. The maximum atomic E-state index is 12.5. The minimum atomic E-state index is -0.101. The van der Waals surface area contributed by atoms with E-state index in [0.717, 1.165) is 11.4 Å². The molecule has 1 aliphatic rings. The van der Waals surface area contributed by atoms with Crippen molar-refractivity contribution in [1.82, 2.24) is 9.78 Å². The minimum Gasteiger partial charge on any atom is -0.322 e. The predicted molar refractivity (Wildman–Crippen MR) is 106 cm³/mol. The number of rotatable bonds is 4. The topological polar surface area (TPSA) is 46.9 Å². The van der Waals surface area contributed by atoms with Gasteiger partial charge in [-0.1, -0.05) is 12.1 Å². The van der Waals surface area contributed by atoms with E-state index >= 15 is 0 Å². The van der Waals surface area contributed by atoms with Crippen molar-refractivity contribution in [1.29, 1.82) is 0 Å². The lowest BCUT2D eigenvalue weighted by Crippen LogP contribution is -2.12. The number of anilines is 1. The van der Waals surface area contributed by atoms with E-state index in [1.807, 2.05) is 72.2 Å². The number of amides is 1. The third kappa shape index (κ3) is 3.75. The zero-order valence-electron chi connectivity index (χ0n) is 13.5. The van der Waals surface area contributed by atoms with Gasteiger partial charge in [-0.05, 0) is 48.0 Å². The van der Waals surface area contributed by atoms with Crippen LogP contribution < -0.4 is 5.32 Å². The molecule has 0 saturated carbocycles. The van der Waals surface area contributed by atoms with Crippen LogP contribution in [-0.2, 0) is 0 Å². The van der Waals surface area contributed by atoms with Gasteiger partial charge in [0.05, 0.1) is 10.3 Å². The fourth-order valence-corrected chi connectivity index (χ4v) is 5.54. The molecule has 3 aromatic rings. The summed E-state index contributed by atoms with van der Waals surface area (Å²) in [5.41, 5.74) is 3.66. The third-order valence-corrected chi connectivity index (χ3v) is 7.04. The minimum absolute atomic E-state index is 0.101. The summed E-state index contributed by atoms with van der Waals surface area (Å²) in [5, 5.41) is 7.18. The molecule has 6 heteroatoms. The first kappa shape index (κ1) is 16.3. The summed E-state index contributed by atoms with van der Waals surface area (Å²) < 4.78 is 2.24. The Morgan fingerprint density at radius 1 is 1.08 bits per heavy atom. The Kier molecular flexibility index (Phi) is 4.81. The van der Waals surface area contributed by atoms with Crippen molar-refractivity contribution >= 4 is 35.1 Å². The Morgan fingerprint density at radius 3 is 2.60 bits per heavy atom. The van der Waals surface area contributed by atoms with Gasteiger partial charge < -0.3 is 5.32 Å². The third-order valence-electron chi connectivity index (χ3n) is 3.94. The van der Waals surface area contributed by atoms with E-state index in [1.165, 1.54) is 17.1 Å². The summed E-state index contributed by atoms with van der Waals surface area (Å²) in [5.74, 6) is 2.28. The van der Waals surface area contributed by atoms with Crippen LogP contribution in [-0.4, -0.2) is 27.2 Å². The van der Waals surface area contributed by atoms with E-state index < -0.39 is 0 Å². The molecule has 0 spiro atoms. The molecule has 1 aromatic heterocycles. The number of nitrogens with zero attached hydrogens (tertiary/aromatic N) is 2. The van der Waals surface area contributed by atoms with Crippen molar-refractivity contribution in [3.05, 3.63) is 78.1 Å².